The fraction of sp³-hybridized carbons (Fsp3) is 0.188. The van der Waals surface area contributed by atoms with Crippen LogP contribution in [0.1, 0.15) is 11.3 Å². The molecule has 2 heterocycles. The first-order chi connectivity index (χ1) is 11.5. The molecule has 1 aromatic carbocycles. The van der Waals surface area contributed by atoms with Gasteiger partial charge in [-0.15, -0.1) is 0 Å². The molecule has 1 fully saturated rings. The summed E-state index contributed by atoms with van der Waals surface area (Å²) in [5.41, 5.74) is 2.73. The summed E-state index contributed by atoms with van der Waals surface area (Å²) in [6, 6.07) is 5.86. The number of carbonyl (C=O) groups excluding carboxylic acids is 2. The van der Waals surface area contributed by atoms with E-state index in [0.29, 0.717) is 0 Å². The highest BCUT2D eigenvalue weighted by molar-refractivity contribution is 6.15. The number of carbonyl (C=O) groups is 2. The van der Waals surface area contributed by atoms with E-state index in [4.69, 9.17) is 0 Å². The summed E-state index contributed by atoms with van der Waals surface area (Å²) in [7, 11) is 1.23. The number of amides is 1. The standard InChI is InChI=1S/C16H15N5O3/c1-8-4-5-11-10(6-8)9(2)17-15(18-11)21-16-19-12(14(23)20-16)7-13(22)24-3/h4-7H,1-3H3,(H2,17,18,19,20,21,23). The van der Waals surface area contributed by atoms with Crippen molar-refractivity contribution in [3.63, 3.8) is 0 Å². The van der Waals surface area contributed by atoms with Crippen molar-refractivity contribution in [2.24, 2.45) is 4.99 Å². The zero-order valence-corrected chi connectivity index (χ0v) is 13.4. The SMILES string of the molecule is COC(=O)C=C1N/C(=N\c2nc(C)c3cc(C)ccc3n2)NC1=O. The number of hydrogen-bond donors (Lipinski definition) is 2. The van der Waals surface area contributed by atoms with Gasteiger partial charge in [-0.3, -0.25) is 10.1 Å². The fourth-order valence-electron chi connectivity index (χ4n) is 2.25. The van der Waals surface area contributed by atoms with Gasteiger partial charge in [0.15, 0.2) is 0 Å². The highest BCUT2D eigenvalue weighted by Crippen LogP contribution is 2.20. The Balaban J connectivity index is 1.93. The zero-order chi connectivity index (χ0) is 17.3. The highest BCUT2D eigenvalue weighted by atomic mass is 16.5. The predicted molar refractivity (Wildman–Crippen MR) is 87.5 cm³/mol. The average molecular weight is 325 g/mol. The molecule has 24 heavy (non-hydrogen) atoms. The van der Waals surface area contributed by atoms with Crippen LogP contribution in [0.15, 0.2) is 35.0 Å². The van der Waals surface area contributed by atoms with Crippen LogP contribution in [-0.4, -0.2) is 34.9 Å². The molecule has 0 bridgehead atoms. The molecule has 0 aliphatic carbocycles. The first-order valence-corrected chi connectivity index (χ1v) is 7.18. The monoisotopic (exact) mass is 325 g/mol. The van der Waals surface area contributed by atoms with Crippen LogP contribution in [0, 0.1) is 13.8 Å². The zero-order valence-electron chi connectivity index (χ0n) is 13.4. The Bertz CT molecular complexity index is 917. The third-order valence-electron chi connectivity index (χ3n) is 3.43. The van der Waals surface area contributed by atoms with Crippen LogP contribution >= 0.6 is 0 Å². The lowest BCUT2D eigenvalue weighted by atomic mass is 10.1. The number of nitrogens with one attached hydrogen (secondary N) is 2. The second-order valence-electron chi connectivity index (χ2n) is 5.25. The van der Waals surface area contributed by atoms with E-state index in [9.17, 15) is 9.59 Å². The minimum atomic E-state index is -0.637. The summed E-state index contributed by atoms with van der Waals surface area (Å²) in [5, 5.41) is 6.16. The fourth-order valence-corrected chi connectivity index (χ4v) is 2.25. The minimum Gasteiger partial charge on any atom is -0.466 e. The van der Waals surface area contributed by atoms with Crippen LogP contribution in [0.4, 0.5) is 5.95 Å². The maximum atomic E-state index is 11.8. The molecule has 2 aromatic rings. The topological polar surface area (TPSA) is 106 Å². The number of hydrogen-bond acceptors (Lipinski definition) is 6. The molecular weight excluding hydrogens is 310 g/mol. The first-order valence-electron chi connectivity index (χ1n) is 7.18. The summed E-state index contributed by atoms with van der Waals surface area (Å²) in [6.45, 7) is 3.87. The molecule has 0 unspecified atom stereocenters. The first kappa shape index (κ1) is 15.6. The predicted octanol–water partition coefficient (Wildman–Crippen LogP) is 1.01. The summed E-state index contributed by atoms with van der Waals surface area (Å²) >= 11 is 0. The number of nitrogens with zero attached hydrogens (tertiary/aromatic N) is 3. The Hall–Kier alpha value is -3.29. The van der Waals surface area contributed by atoms with E-state index in [1.807, 2.05) is 32.0 Å². The van der Waals surface area contributed by atoms with Crippen molar-refractivity contribution < 1.29 is 14.3 Å². The quantitative estimate of drug-likeness (QED) is 0.630. The van der Waals surface area contributed by atoms with Gasteiger partial charge in [0, 0.05) is 5.39 Å². The summed E-state index contributed by atoms with van der Waals surface area (Å²) in [5.74, 6) is -0.749. The maximum Gasteiger partial charge on any atom is 0.332 e. The summed E-state index contributed by atoms with van der Waals surface area (Å²) in [6.07, 6.45) is 1.05. The van der Waals surface area contributed by atoms with Crippen LogP contribution < -0.4 is 10.6 Å². The van der Waals surface area contributed by atoms with Crippen molar-refractivity contribution in [1.82, 2.24) is 20.6 Å². The van der Waals surface area contributed by atoms with Crippen LogP contribution in [0.2, 0.25) is 0 Å². The van der Waals surface area contributed by atoms with Gasteiger partial charge >= 0.3 is 5.97 Å². The molecule has 1 amide bonds. The largest absolute Gasteiger partial charge is 0.466 e. The maximum absolute atomic E-state index is 11.8. The number of aromatic nitrogens is 2. The van der Waals surface area contributed by atoms with Crippen LogP contribution in [0.3, 0.4) is 0 Å². The molecule has 1 aliphatic rings. The van der Waals surface area contributed by atoms with E-state index >= 15 is 0 Å². The van der Waals surface area contributed by atoms with Crippen molar-refractivity contribution in [3.05, 3.63) is 41.2 Å². The van der Waals surface area contributed by atoms with E-state index in [-0.39, 0.29) is 17.6 Å². The number of benzene rings is 1. The summed E-state index contributed by atoms with van der Waals surface area (Å²) in [4.78, 5) is 35.9. The van der Waals surface area contributed by atoms with Crippen LogP contribution in [0.5, 0.6) is 0 Å². The number of esters is 1. The average Bonchev–Trinajstić information content (AvgIpc) is 2.87. The van der Waals surface area contributed by atoms with Gasteiger partial charge in [0.1, 0.15) is 5.70 Å². The van der Waals surface area contributed by atoms with E-state index in [1.54, 1.807) is 0 Å². The third kappa shape index (κ3) is 3.07. The van der Waals surface area contributed by atoms with E-state index in [2.05, 4.69) is 30.3 Å². The van der Waals surface area contributed by atoms with Crippen molar-refractivity contribution >= 4 is 34.7 Å². The number of guanidine groups is 1. The van der Waals surface area contributed by atoms with Gasteiger partial charge in [0.05, 0.1) is 24.4 Å². The Labute approximate surface area is 137 Å². The Morgan fingerprint density at radius 3 is 2.79 bits per heavy atom. The van der Waals surface area contributed by atoms with Gasteiger partial charge in [-0.1, -0.05) is 11.6 Å². The van der Waals surface area contributed by atoms with Gasteiger partial charge in [0.2, 0.25) is 5.96 Å². The third-order valence-corrected chi connectivity index (χ3v) is 3.43. The molecule has 3 rings (SSSR count). The summed E-state index contributed by atoms with van der Waals surface area (Å²) < 4.78 is 4.49. The number of fused-ring (bicyclic) bond motifs is 1. The van der Waals surface area contributed by atoms with Crippen molar-refractivity contribution in [2.75, 3.05) is 7.11 Å². The lowest BCUT2D eigenvalue weighted by Crippen LogP contribution is -2.24. The highest BCUT2D eigenvalue weighted by Gasteiger charge is 2.23. The second kappa shape index (κ2) is 6.07. The molecule has 0 saturated carbocycles. The Kier molecular flexibility index (Phi) is 3.95. The molecule has 0 atom stereocenters. The minimum absolute atomic E-state index is 0.0498. The van der Waals surface area contributed by atoms with E-state index < -0.39 is 11.9 Å². The lowest BCUT2D eigenvalue weighted by molar-refractivity contribution is -0.135. The van der Waals surface area contributed by atoms with Gasteiger partial charge in [-0.2, -0.15) is 4.99 Å². The van der Waals surface area contributed by atoms with Crippen LogP contribution in [0.25, 0.3) is 10.9 Å². The second-order valence-corrected chi connectivity index (χ2v) is 5.25. The molecular formula is C16H15N5O3. The van der Waals surface area contributed by atoms with Crippen molar-refractivity contribution in [2.45, 2.75) is 13.8 Å². The Morgan fingerprint density at radius 2 is 2.04 bits per heavy atom. The van der Waals surface area contributed by atoms with Gasteiger partial charge in [0.25, 0.3) is 11.9 Å². The van der Waals surface area contributed by atoms with Crippen molar-refractivity contribution in [3.8, 4) is 0 Å². The van der Waals surface area contributed by atoms with Gasteiger partial charge < -0.3 is 10.1 Å². The molecule has 1 aromatic heterocycles. The smallest absolute Gasteiger partial charge is 0.332 e. The number of ether oxygens (including phenoxy) is 1. The molecule has 1 saturated heterocycles. The normalized spacial score (nSPS) is 17.2. The van der Waals surface area contributed by atoms with Gasteiger partial charge in [-0.25, -0.2) is 14.8 Å². The molecule has 122 valence electrons. The number of methoxy groups -OCH3 is 1. The number of aliphatic imine (C=N–C) groups is 1. The molecule has 1 aliphatic heterocycles. The number of rotatable bonds is 2. The van der Waals surface area contributed by atoms with Gasteiger partial charge in [-0.05, 0) is 26.0 Å². The molecule has 0 spiro atoms. The van der Waals surface area contributed by atoms with E-state index in [1.165, 1.54) is 7.11 Å². The molecule has 0 radical (unpaired) electrons. The number of aryl methyl sites for hydroxylation is 2. The van der Waals surface area contributed by atoms with Crippen molar-refractivity contribution in [1.29, 1.82) is 0 Å². The lowest BCUT2D eigenvalue weighted by Gasteiger charge is -2.04. The van der Waals surface area contributed by atoms with Crippen LogP contribution in [-0.2, 0) is 14.3 Å². The molecule has 8 heteroatoms. The van der Waals surface area contributed by atoms with E-state index in [0.717, 1.165) is 28.2 Å². The molecule has 8 nitrogen and oxygen atoms in total. The molecule has 2 N–H and O–H groups in total. The Morgan fingerprint density at radius 1 is 1.25 bits per heavy atom.